The third-order valence-electron chi connectivity index (χ3n) is 3.85. The summed E-state index contributed by atoms with van der Waals surface area (Å²) >= 11 is 0. The summed E-state index contributed by atoms with van der Waals surface area (Å²) in [6.45, 7) is 1.81. The van der Waals surface area contributed by atoms with Gasteiger partial charge in [-0.3, -0.25) is 4.79 Å². The lowest BCUT2D eigenvalue weighted by molar-refractivity contribution is -0.115. The minimum absolute atomic E-state index is 0.154. The van der Waals surface area contributed by atoms with E-state index in [2.05, 4.69) is 20.8 Å². The summed E-state index contributed by atoms with van der Waals surface area (Å²) < 4.78 is 12.1. The largest absolute Gasteiger partial charge is 0.497 e. The number of nitrogens with one attached hydrogen (secondary N) is 1. The van der Waals surface area contributed by atoms with Gasteiger partial charge < -0.3 is 14.8 Å². The number of carbonyl (C=O) groups excluding carboxylic acids is 1. The topological polar surface area (TPSA) is 91.2 Å². The number of amides is 1. The van der Waals surface area contributed by atoms with E-state index in [0.717, 1.165) is 11.3 Å². The maximum Gasteiger partial charge on any atom is 0.228 e. The first-order valence-electron chi connectivity index (χ1n) is 7.97. The number of carbonyl (C=O) groups is 1. The highest BCUT2D eigenvalue weighted by Gasteiger charge is 2.11. The monoisotopic (exact) mass is 353 g/mol. The number of aromatic nitrogens is 4. The Kier molecular flexibility index (Phi) is 5.12. The molecule has 1 N–H and O–H groups in total. The van der Waals surface area contributed by atoms with E-state index < -0.39 is 0 Å². The highest BCUT2D eigenvalue weighted by atomic mass is 16.5. The standard InChI is InChI=1S/C18H19N5O3/c1-12-20-21-22-23(12)15-6-4-5-14(10-15)19-18(24)9-13-7-8-16(25-2)11-17(13)26-3/h4-8,10-11H,9H2,1-3H3,(H,19,24). The predicted octanol–water partition coefficient (Wildman–Crippen LogP) is 2.17. The number of methoxy groups -OCH3 is 2. The Labute approximate surface area is 150 Å². The molecule has 3 aromatic rings. The van der Waals surface area contributed by atoms with Crippen LogP contribution in [0.2, 0.25) is 0 Å². The summed E-state index contributed by atoms with van der Waals surface area (Å²) in [5.74, 6) is 1.79. The Morgan fingerprint density at radius 3 is 2.69 bits per heavy atom. The molecule has 0 unspecified atom stereocenters. The summed E-state index contributed by atoms with van der Waals surface area (Å²) in [6.07, 6.45) is 0.182. The second-order valence-electron chi connectivity index (χ2n) is 5.59. The molecule has 134 valence electrons. The van der Waals surface area contributed by atoms with Crippen LogP contribution < -0.4 is 14.8 Å². The zero-order chi connectivity index (χ0) is 18.5. The first-order chi connectivity index (χ1) is 12.6. The molecule has 0 bridgehead atoms. The van der Waals surface area contributed by atoms with Crippen molar-refractivity contribution in [1.82, 2.24) is 20.2 Å². The summed E-state index contributed by atoms with van der Waals surface area (Å²) in [7, 11) is 3.15. The minimum Gasteiger partial charge on any atom is -0.497 e. The van der Waals surface area contributed by atoms with Crippen LogP contribution in [0.25, 0.3) is 5.69 Å². The molecular weight excluding hydrogens is 334 g/mol. The van der Waals surface area contributed by atoms with Gasteiger partial charge in [-0.05, 0) is 41.6 Å². The van der Waals surface area contributed by atoms with Crippen molar-refractivity contribution in [1.29, 1.82) is 0 Å². The van der Waals surface area contributed by atoms with Gasteiger partial charge >= 0.3 is 0 Å². The number of ether oxygens (including phenoxy) is 2. The highest BCUT2D eigenvalue weighted by Crippen LogP contribution is 2.25. The molecule has 0 aliphatic carbocycles. The van der Waals surface area contributed by atoms with Crippen molar-refractivity contribution in [3.05, 3.63) is 53.9 Å². The molecule has 1 aromatic heterocycles. The van der Waals surface area contributed by atoms with E-state index in [-0.39, 0.29) is 12.3 Å². The van der Waals surface area contributed by atoms with Gasteiger partial charge in [-0.1, -0.05) is 12.1 Å². The fourth-order valence-electron chi connectivity index (χ4n) is 2.56. The predicted molar refractivity (Wildman–Crippen MR) is 95.8 cm³/mol. The van der Waals surface area contributed by atoms with E-state index in [9.17, 15) is 4.79 Å². The van der Waals surface area contributed by atoms with E-state index in [1.165, 1.54) is 0 Å². The van der Waals surface area contributed by atoms with Crippen LogP contribution in [0.1, 0.15) is 11.4 Å². The van der Waals surface area contributed by atoms with Crippen LogP contribution in [-0.4, -0.2) is 40.3 Å². The normalized spacial score (nSPS) is 10.4. The summed E-state index contributed by atoms with van der Waals surface area (Å²) in [5.41, 5.74) is 2.21. The number of hydrogen-bond donors (Lipinski definition) is 1. The average Bonchev–Trinajstić information content (AvgIpc) is 3.08. The van der Waals surface area contributed by atoms with Gasteiger partial charge in [0.05, 0.1) is 26.3 Å². The van der Waals surface area contributed by atoms with Crippen LogP contribution in [0.4, 0.5) is 5.69 Å². The van der Waals surface area contributed by atoms with Crippen molar-refractivity contribution in [3.8, 4) is 17.2 Å². The highest BCUT2D eigenvalue weighted by molar-refractivity contribution is 5.92. The van der Waals surface area contributed by atoms with Crippen molar-refractivity contribution in [2.24, 2.45) is 0 Å². The van der Waals surface area contributed by atoms with Gasteiger partial charge in [0.15, 0.2) is 5.82 Å². The van der Waals surface area contributed by atoms with Crippen molar-refractivity contribution in [2.45, 2.75) is 13.3 Å². The van der Waals surface area contributed by atoms with Crippen LogP contribution in [-0.2, 0) is 11.2 Å². The Balaban J connectivity index is 1.74. The Morgan fingerprint density at radius 2 is 2.00 bits per heavy atom. The second-order valence-corrected chi connectivity index (χ2v) is 5.59. The number of nitrogens with zero attached hydrogens (tertiary/aromatic N) is 4. The molecule has 0 saturated carbocycles. The maximum absolute atomic E-state index is 12.4. The fraction of sp³-hybridized carbons (Fsp3) is 0.222. The number of tetrazole rings is 1. The van der Waals surface area contributed by atoms with Gasteiger partial charge in [0, 0.05) is 17.3 Å². The lowest BCUT2D eigenvalue weighted by atomic mass is 10.1. The first kappa shape index (κ1) is 17.4. The molecule has 0 fully saturated rings. The van der Waals surface area contributed by atoms with Crippen molar-refractivity contribution < 1.29 is 14.3 Å². The summed E-state index contributed by atoms with van der Waals surface area (Å²) in [5, 5.41) is 14.3. The van der Waals surface area contributed by atoms with E-state index in [4.69, 9.17) is 9.47 Å². The van der Waals surface area contributed by atoms with Gasteiger partial charge in [-0.15, -0.1) is 5.10 Å². The van der Waals surface area contributed by atoms with Crippen molar-refractivity contribution in [2.75, 3.05) is 19.5 Å². The smallest absolute Gasteiger partial charge is 0.228 e. The average molecular weight is 353 g/mol. The van der Waals surface area contributed by atoms with Gasteiger partial charge in [0.25, 0.3) is 0 Å². The lowest BCUT2D eigenvalue weighted by Gasteiger charge is -2.11. The van der Waals surface area contributed by atoms with E-state index >= 15 is 0 Å². The molecule has 0 aliphatic rings. The zero-order valence-electron chi connectivity index (χ0n) is 14.8. The van der Waals surface area contributed by atoms with Crippen LogP contribution in [0.5, 0.6) is 11.5 Å². The van der Waals surface area contributed by atoms with Gasteiger partial charge in [-0.25, -0.2) is 0 Å². The molecule has 0 aliphatic heterocycles. The van der Waals surface area contributed by atoms with Crippen molar-refractivity contribution in [3.63, 3.8) is 0 Å². The molecule has 26 heavy (non-hydrogen) atoms. The lowest BCUT2D eigenvalue weighted by Crippen LogP contribution is -2.15. The number of benzene rings is 2. The van der Waals surface area contributed by atoms with Gasteiger partial charge in [0.1, 0.15) is 11.5 Å². The van der Waals surface area contributed by atoms with Gasteiger partial charge in [0.2, 0.25) is 5.91 Å². The minimum atomic E-state index is -0.154. The number of aryl methyl sites for hydroxylation is 1. The molecule has 1 heterocycles. The second kappa shape index (κ2) is 7.64. The van der Waals surface area contributed by atoms with Crippen molar-refractivity contribution >= 4 is 11.6 Å². The molecular formula is C18H19N5O3. The number of hydrogen-bond acceptors (Lipinski definition) is 6. The number of anilines is 1. The molecule has 0 atom stereocenters. The SMILES string of the molecule is COc1ccc(CC(=O)Nc2cccc(-n3nnnc3C)c2)c(OC)c1. The first-order valence-corrected chi connectivity index (χ1v) is 7.97. The summed E-state index contributed by atoms with van der Waals surface area (Å²) in [6, 6.07) is 12.7. The number of rotatable bonds is 6. The Morgan fingerprint density at radius 1 is 1.15 bits per heavy atom. The quantitative estimate of drug-likeness (QED) is 0.730. The fourth-order valence-corrected chi connectivity index (χ4v) is 2.56. The van der Waals surface area contributed by atoms with Crippen LogP contribution in [0.15, 0.2) is 42.5 Å². The molecule has 8 nitrogen and oxygen atoms in total. The van der Waals surface area contributed by atoms with E-state index in [1.807, 2.05) is 30.3 Å². The molecule has 0 spiro atoms. The molecule has 8 heteroatoms. The maximum atomic E-state index is 12.4. The molecule has 1 amide bonds. The zero-order valence-corrected chi connectivity index (χ0v) is 14.8. The third kappa shape index (κ3) is 3.80. The Bertz CT molecular complexity index is 923. The Hall–Kier alpha value is -3.42. The molecule has 3 rings (SSSR count). The molecule has 2 aromatic carbocycles. The van der Waals surface area contributed by atoms with E-state index in [1.54, 1.807) is 38.0 Å². The van der Waals surface area contributed by atoms with E-state index in [0.29, 0.717) is 23.0 Å². The van der Waals surface area contributed by atoms with Crippen LogP contribution in [0, 0.1) is 6.92 Å². The van der Waals surface area contributed by atoms with Gasteiger partial charge in [-0.2, -0.15) is 4.68 Å². The van der Waals surface area contributed by atoms with Crippen LogP contribution >= 0.6 is 0 Å². The molecule has 0 radical (unpaired) electrons. The summed E-state index contributed by atoms with van der Waals surface area (Å²) in [4.78, 5) is 12.4. The molecule has 0 saturated heterocycles. The third-order valence-corrected chi connectivity index (χ3v) is 3.85. The van der Waals surface area contributed by atoms with Crippen LogP contribution in [0.3, 0.4) is 0 Å².